The molecule has 14 heavy (non-hydrogen) atoms. The van der Waals surface area contributed by atoms with Gasteiger partial charge in [0.1, 0.15) is 11.5 Å². The van der Waals surface area contributed by atoms with Crippen LogP contribution in [-0.4, -0.2) is 15.8 Å². The highest BCUT2D eigenvalue weighted by Gasteiger charge is 2.19. The number of hydrogen-bond acceptors (Lipinski definition) is 2. The Balaban J connectivity index is 2.29. The van der Waals surface area contributed by atoms with Gasteiger partial charge < -0.3 is 4.98 Å². The summed E-state index contributed by atoms with van der Waals surface area (Å²) in [5.41, 5.74) is 1.78. The number of fused-ring (bicyclic) bond motifs is 1. The van der Waals surface area contributed by atoms with Crippen LogP contribution in [-0.2, 0) is 12.8 Å². The van der Waals surface area contributed by atoms with E-state index in [0.29, 0.717) is 6.42 Å². The molecule has 3 heteroatoms. The number of rotatable bonds is 2. The quantitative estimate of drug-likeness (QED) is 0.730. The molecule has 1 N–H and O–H groups in total. The van der Waals surface area contributed by atoms with E-state index in [1.165, 1.54) is 0 Å². The van der Waals surface area contributed by atoms with Crippen LogP contribution in [0.25, 0.3) is 0 Å². The predicted molar refractivity (Wildman–Crippen MR) is 54.5 cm³/mol. The van der Waals surface area contributed by atoms with E-state index in [2.05, 4.69) is 16.9 Å². The maximum Gasteiger partial charge on any atom is 0.180 e. The molecule has 1 aromatic rings. The molecule has 0 bridgehead atoms. The monoisotopic (exact) mass is 192 g/mol. The largest absolute Gasteiger partial charge is 0.339 e. The molecule has 0 spiro atoms. The van der Waals surface area contributed by atoms with Gasteiger partial charge >= 0.3 is 0 Å². The maximum atomic E-state index is 11.7. The molecule has 0 atom stereocenters. The van der Waals surface area contributed by atoms with E-state index in [0.717, 1.165) is 49.3 Å². The number of aryl methyl sites for hydroxylation is 2. The smallest absolute Gasteiger partial charge is 0.180 e. The average Bonchev–Trinajstić information content (AvgIpc) is 2.49. The van der Waals surface area contributed by atoms with Crippen molar-refractivity contribution in [2.45, 2.75) is 45.4 Å². The Hall–Kier alpha value is -1.12. The zero-order valence-corrected chi connectivity index (χ0v) is 8.60. The summed E-state index contributed by atoms with van der Waals surface area (Å²) < 4.78 is 0. The molecular weight excluding hydrogens is 176 g/mol. The number of imidazole rings is 1. The molecular formula is C11H16N2O. The molecule has 0 aliphatic heterocycles. The van der Waals surface area contributed by atoms with Crippen LogP contribution in [0.15, 0.2) is 0 Å². The minimum absolute atomic E-state index is 0.243. The van der Waals surface area contributed by atoms with Gasteiger partial charge in [-0.1, -0.05) is 6.92 Å². The van der Waals surface area contributed by atoms with Gasteiger partial charge in [0.05, 0.1) is 5.69 Å². The molecule has 1 heterocycles. The third-order valence-electron chi connectivity index (χ3n) is 2.66. The van der Waals surface area contributed by atoms with E-state index in [-0.39, 0.29) is 5.78 Å². The third-order valence-corrected chi connectivity index (χ3v) is 2.66. The Kier molecular flexibility index (Phi) is 2.66. The first-order valence-corrected chi connectivity index (χ1v) is 5.42. The number of ketones is 1. The number of nitrogens with zero attached hydrogens (tertiary/aromatic N) is 1. The highest BCUT2D eigenvalue weighted by Crippen LogP contribution is 2.18. The van der Waals surface area contributed by atoms with Crippen molar-refractivity contribution in [3.63, 3.8) is 0 Å². The summed E-state index contributed by atoms with van der Waals surface area (Å²) in [7, 11) is 0. The number of carbonyl (C=O) groups is 1. The van der Waals surface area contributed by atoms with Gasteiger partial charge in [-0.3, -0.25) is 4.79 Å². The Bertz CT molecular complexity index is 341. The summed E-state index contributed by atoms with van der Waals surface area (Å²) in [6.45, 7) is 2.12. The SMILES string of the molecule is CCCc1nc2c([nH]1)C(=O)CCCC2. The molecule has 0 amide bonds. The molecule has 1 aliphatic rings. The minimum atomic E-state index is 0.243. The van der Waals surface area contributed by atoms with E-state index in [1.54, 1.807) is 0 Å². The predicted octanol–water partition coefficient (Wildman–Crippen LogP) is 2.27. The summed E-state index contributed by atoms with van der Waals surface area (Å²) in [4.78, 5) is 19.3. The second kappa shape index (κ2) is 3.95. The molecule has 1 aliphatic carbocycles. The van der Waals surface area contributed by atoms with Crippen molar-refractivity contribution in [1.29, 1.82) is 0 Å². The maximum absolute atomic E-state index is 11.7. The first kappa shape index (κ1) is 9.44. The standard InChI is InChI=1S/C11H16N2O/c1-2-5-10-12-8-6-3-4-7-9(14)11(8)13-10/h2-7H2,1H3,(H,12,13). The van der Waals surface area contributed by atoms with Crippen LogP contribution >= 0.6 is 0 Å². The van der Waals surface area contributed by atoms with Crippen LogP contribution in [0.3, 0.4) is 0 Å². The van der Waals surface area contributed by atoms with Crippen molar-refractivity contribution in [3.8, 4) is 0 Å². The number of hydrogen-bond donors (Lipinski definition) is 1. The van der Waals surface area contributed by atoms with Crippen molar-refractivity contribution in [2.24, 2.45) is 0 Å². The van der Waals surface area contributed by atoms with Crippen LogP contribution < -0.4 is 0 Å². The number of Topliss-reactive ketones (excluding diaryl/α,β-unsaturated/α-hetero) is 1. The molecule has 0 unspecified atom stereocenters. The number of aromatic nitrogens is 2. The summed E-state index contributed by atoms with van der Waals surface area (Å²) in [5.74, 6) is 1.22. The van der Waals surface area contributed by atoms with Crippen molar-refractivity contribution < 1.29 is 4.79 Å². The molecule has 1 aromatic heterocycles. The fraction of sp³-hybridized carbons (Fsp3) is 0.636. The Morgan fingerprint density at radius 1 is 1.36 bits per heavy atom. The number of carbonyl (C=O) groups excluding carboxylic acids is 1. The van der Waals surface area contributed by atoms with Crippen molar-refractivity contribution >= 4 is 5.78 Å². The summed E-state index contributed by atoms with van der Waals surface area (Å²) in [5, 5.41) is 0. The van der Waals surface area contributed by atoms with E-state index >= 15 is 0 Å². The molecule has 0 saturated heterocycles. The van der Waals surface area contributed by atoms with E-state index in [1.807, 2.05) is 0 Å². The molecule has 2 rings (SSSR count). The summed E-state index contributed by atoms with van der Waals surface area (Å²) in [6, 6.07) is 0. The lowest BCUT2D eigenvalue weighted by Gasteiger charge is -1.93. The van der Waals surface area contributed by atoms with Gasteiger partial charge in [0.2, 0.25) is 0 Å². The normalized spacial score (nSPS) is 16.5. The van der Waals surface area contributed by atoms with Crippen LogP contribution in [0.2, 0.25) is 0 Å². The van der Waals surface area contributed by atoms with Crippen LogP contribution in [0.4, 0.5) is 0 Å². The number of nitrogens with one attached hydrogen (secondary N) is 1. The van der Waals surface area contributed by atoms with Gasteiger partial charge in [-0.05, 0) is 25.7 Å². The lowest BCUT2D eigenvalue weighted by atomic mass is 10.2. The molecule has 0 fully saturated rings. The topological polar surface area (TPSA) is 45.8 Å². The molecule has 0 aromatic carbocycles. The van der Waals surface area contributed by atoms with Gasteiger partial charge in [-0.2, -0.15) is 0 Å². The highest BCUT2D eigenvalue weighted by atomic mass is 16.1. The first-order chi connectivity index (χ1) is 6.81. The summed E-state index contributed by atoms with van der Waals surface area (Å²) >= 11 is 0. The van der Waals surface area contributed by atoms with Crippen molar-refractivity contribution in [2.75, 3.05) is 0 Å². The fourth-order valence-electron chi connectivity index (χ4n) is 1.93. The minimum Gasteiger partial charge on any atom is -0.339 e. The zero-order valence-electron chi connectivity index (χ0n) is 8.60. The Labute approximate surface area is 83.9 Å². The van der Waals surface area contributed by atoms with Crippen molar-refractivity contribution in [3.05, 3.63) is 17.2 Å². The van der Waals surface area contributed by atoms with Gasteiger partial charge in [0.15, 0.2) is 5.78 Å². The second-order valence-electron chi connectivity index (χ2n) is 3.89. The van der Waals surface area contributed by atoms with Gasteiger partial charge in [0, 0.05) is 12.8 Å². The molecule has 3 nitrogen and oxygen atoms in total. The third kappa shape index (κ3) is 1.72. The van der Waals surface area contributed by atoms with E-state index < -0.39 is 0 Å². The fourth-order valence-corrected chi connectivity index (χ4v) is 1.93. The van der Waals surface area contributed by atoms with Gasteiger partial charge in [-0.15, -0.1) is 0 Å². The summed E-state index contributed by atoms with van der Waals surface area (Å²) in [6.07, 6.45) is 5.75. The highest BCUT2D eigenvalue weighted by molar-refractivity contribution is 5.95. The van der Waals surface area contributed by atoms with Crippen LogP contribution in [0.5, 0.6) is 0 Å². The molecule has 0 radical (unpaired) electrons. The lowest BCUT2D eigenvalue weighted by Crippen LogP contribution is -1.99. The lowest BCUT2D eigenvalue weighted by molar-refractivity contribution is 0.0977. The van der Waals surface area contributed by atoms with Crippen molar-refractivity contribution in [1.82, 2.24) is 9.97 Å². The van der Waals surface area contributed by atoms with Crippen LogP contribution in [0, 0.1) is 0 Å². The zero-order chi connectivity index (χ0) is 9.97. The van der Waals surface area contributed by atoms with E-state index in [4.69, 9.17) is 0 Å². The number of H-pyrrole nitrogens is 1. The van der Waals surface area contributed by atoms with Crippen LogP contribution in [0.1, 0.15) is 54.6 Å². The molecule has 76 valence electrons. The number of aromatic amines is 1. The first-order valence-electron chi connectivity index (χ1n) is 5.42. The Morgan fingerprint density at radius 3 is 2.93 bits per heavy atom. The second-order valence-corrected chi connectivity index (χ2v) is 3.89. The van der Waals surface area contributed by atoms with Gasteiger partial charge in [-0.25, -0.2) is 4.98 Å². The van der Waals surface area contributed by atoms with Gasteiger partial charge in [0.25, 0.3) is 0 Å². The van der Waals surface area contributed by atoms with E-state index in [9.17, 15) is 4.79 Å². The average molecular weight is 192 g/mol. The Morgan fingerprint density at radius 2 is 2.14 bits per heavy atom. The molecule has 0 saturated carbocycles.